The van der Waals surface area contributed by atoms with E-state index in [0.717, 1.165) is 16.8 Å². The van der Waals surface area contributed by atoms with Crippen LogP contribution in [-0.2, 0) is 6.18 Å². The summed E-state index contributed by atoms with van der Waals surface area (Å²) in [5, 5.41) is 6.73. The number of aromatic nitrogens is 3. The summed E-state index contributed by atoms with van der Waals surface area (Å²) in [5.74, 6) is 0. The van der Waals surface area contributed by atoms with Crippen LogP contribution in [0.4, 0.5) is 13.2 Å². The van der Waals surface area contributed by atoms with Gasteiger partial charge in [-0.25, -0.2) is 4.68 Å². The van der Waals surface area contributed by atoms with Gasteiger partial charge in [-0.2, -0.15) is 13.2 Å². The summed E-state index contributed by atoms with van der Waals surface area (Å²) in [5.41, 5.74) is -0.785. The van der Waals surface area contributed by atoms with Gasteiger partial charge in [0.2, 0.25) is 0 Å². The van der Waals surface area contributed by atoms with Crippen molar-refractivity contribution in [2.24, 2.45) is 0 Å². The lowest BCUT2D eigenvalue weighted by Crippen LogP contribution is -2.06. The Morgan fingerprint density at radius 1 is 1.33 bits per heavy atom. The zero-order chi connectivity index (χ0) is 12.6. The number of hydrogen-bond donors (Lipinski definition) is 0. The first kappa shape index (κ1) is 7.44. The molecule has 78 valence electrons. The van der Waals surface area contributed by atoms with Crippen molar-refractivity contribution < 1.29 is 15.9 Å². The van der Waals surface area contributed by atoms with E-state index in [0.29, 0.717) is 0 Å². The molecule has 2 aromatic rings. The van der Waals surface area contributed by atoms with E-state index in [9.17, 15) is 13.2 Å². The van der Waals surface area contributed by atoms with Crippen LogP contribution < -0.4 is 0 Å². The molecule has 0 N–H and O–H groups in total. The van der Waals surface area contributed by atoms with Gasteiger partial charge in [0.05, 0.1) is 26.3 Å². The predicted octanol–water partition coefficient (Wildman–Crippen LogP) is 2.29. The average molecular weight is 215 g/mol. The maximum atomic E-state index is 12.5. The van der Waals surface area contributed by atoms with Crippen molar-refractivity contribution in [1.29, 1.82) is 0 Å². The number of halogens is 3. The van der Waals surface area contributed by atoms with E-state index in [2.05, 4.69) is 10.3 Å². The topological polar surface area (TPSA) is 30.7 Å². The van der Waals surface area contributed by atoms with Gasteiger partial charge in [0.1, 0.15) is 0 Å². The highest BCUT2D eigenvalue weighted by atomic mass is 19.4. The first-order chi connectivity index (χ1) is 7.89. The van der Waals surface area contributed by atoms with Gasteiger partial charge in [-0.3, -0.25) is 0 Å². The van der Waals surface area contributed by atoms with E-state index in [1.165, 1.54) is 12.1 Å². The minimum Gasteiger partial charge on any atom is -0.221 e. The van der Waals surface area contributed by atoms with E-state index < -0.39 is 11.7 Å². The molecule has 0 saturated heterocycles. The lowest BCUT2D eigenvalue weighted by molar-refractivity contribution is -0.137. The first-order valence-corrected chi connectivity index (χ1v) is 3.96. The number of hydrogen-bond acceptors (Lipinski definition) is 2. The van der Waals surface area contributed by atoms with Gasteiger partial charge >= 0.3 is 6.18 Å². The van der Waals surface area contributed by atoms with Crippen LogP contribution in [0, 0.1) is 0 Å². The van der Waals surface area contributed by atoms with Gasteiger partial charge < -0.3 is 0 Å². The summed E-state index contributed by atoms with van der Waals surface area (Å²) in [7, 11) is 0. The minimum atomic E-state index is -4.46. The molecule has 15 heavy (non-hydrogen) atoms. The molecule has 1 aromatic heterocycles. The first-order valence-electron chi connectivity index (χ1n) is 4.96. The lowest BCUT2D eigenvalue weighted by atomic mass is 10.2. The van der Waals surface area contributed by atoms with Crippen LogP contribution in [0.1, 0.15) is 8.30 Å². The van der Waals surface area contributed by atoms with Crippen molar-refractivity contribution in [1.82, 2.24) is 15.0 Å². The molecule has 0 bridgehead atoms. The van der Waals surface area contributed by atoms with E-state index in [1.54, 1.807) is 0 Å². The highest BCUT2D eigenvalue weighted by molar-refractivity contribution is 5.35. The maximum Gasteiger partial charge on any atom is 0.416 e. The zero-order valence-electron chi connectivity index (χ0n) is 9.28. The quantitative estimate of drug-likeness (QED) is 0.730. The largest absolute Gasteiger partial charge is 0.416 e. The van der Waals surface area contributed by atoms with Crippen LogP contribution in [0.5, 0.6) is 0 Å². The Hall–Kier alpha value is -1.85. The second-order valence-electron chi connectivity index (χ2n) is 2.77. The van der Waals surface area contributed by atoms with Crippen molar-refractivity contribution in [2.75, 3.05) is 0 Å². The van der Waals surface area contributed by atoms with E-state index in [4.69, 9.17) is 2.74 Å². The molecule has 0 fully saturated rings. The number of rotatable bonds is 1. The molecule has 0 aliphatic carbocycles. The van der Waals surface area contributed by atoms with Crippen molar-refractivity contribution in [3.8, 4) is 5.69 Å². The Kier molecular flexibility index (Phi) is 1.68. The fourth-order valence-electron chi connectivity index (χ4n) is 1.09. The summed E-state index contributed by atoms with van der Waals surface area (Å²) < 4.78 is 52.8. The minimum absolute atomic E-state index is 0.0517. The lowest BCUT2D eigenvalue weighted by Gasteiger charge is -2.07. The van der Waals surface area contributed by atoms with Gasteiger partial charge in [-0.1, -0.05) is 11.3 Å². The van der Waals surface area contributed by atoms with E-state index in [-0.39, 0.29) is 18.0 Å². The number of alkyl halides is 3. The number of nitrogens with zero attached hydrogens (tertiary/aromatic N) is 3. The van der Waals surface area contributed by atoms with E-state index in [1.807, 2.05) is 0 Å². The third-order valence-electron chi connectivity index (χ3n) is 1.76. The van der Waals surface area contributed by atoms with Crippen molar-refractivity contribution >= 4 is 0 Å². The van der Waals surface area contributed by atoms with Crippen LogP contribution in [0.3, 0.4) is 0 Å². The number of benzene rings is 1. The summed E-state index contributed by atoms with van der Waals surface area (Å²) in [6.45, 7) is 0. The molecule has 0 amide bonds. The summed E-state index contributed by atoms with van der Waals surface area (Å²) in [6, 6.07) is 4.35. The Labute approximate surface area is 86.0 Å². The normalized spacial score (nSPS) is 13.5. The second kappa shape index (κ2) is 3.38. The van der Waals surface area contributed by atoms with Crippen LogP contribution in [0.25, 0.3) is 5.69 Å². The zero-order valence-corrected chi connectivity index (χ0v) is 7.28. The summed E-state index contributed by atoms with van der Waals surface area (Å²) in [6.07, 6.45) is -5.20. The van der Waals surface area contributed by atoms with Crippen LogP contribution >= 0.6 is 0 Å². The highest BCUT2D eigenvalue weighted by Gasteiger charge is 2.30. The monoisotopic (exact) mass is 215 g/mol. The smallest absolute Gasteiger partial charge is 0.221 e. The average Bonchev–Trinajstić information content (AvgIpc) is 2.59. The molecule has 1 heterocycles. The third-order valence-corrected chi connectivity index (χ3v) is 1.76. The summed E-state index contributed by atoms with van der Waals surface area (Å²) in [4.78, 5) is 0. The fraction of sp³-hybridized carbons (Fsp3) is 0.111. The van der Waals surface area contributed by atoms with E-state index >= 15 is 0 Å². The van der Waals surface area contributed by atoms with Gasteiger partial charge in [0, 0.05) is 0 Å². The molecule has 1 aromatic carbocycles. The van der Waals surface area contributed by atoms with Crippen LogP contribution in [-0.4, -0.2) is 15.0 Å². The highest BCUT2D eigenvalue weighted by Crippen LogP contribution is 2.29. The molecule has 0 aliphatic heterocycles. The molecule has 0 atom stereocenters. The molecule has 3 nitrogen and oxygen atoms in total. The Bertz CT molecular complexity index is 551. The molecule has 0 spiro atoms. The van der Waals surface area contributed by atoms with Gasteiger partial charge in [-0.15, -0.1) is 5.10 Å². The van der Waals surface area contributed by atoms with Gasteiger partial charge in [0.15, 0.2) is 0 Å². The third kappa shape index (κ3) is 1.98. The van der Waals surface area contributed by atoms with Crippen molar-refractivity contribution in [3.05, 3.63) is 42.2 Å². The SMILES string of the molecule is [2H]c1nnn(-c2cccc(C(F)(F)F)c2)c1[2H]. The Balaban J connectivity index is 2.51. The molecule has 0 aliphatic rings. The molecule has 2 rings (SSSR count). The molecule has 0 radical (unpaired) electrons. The van der Waals surface area contributed by atoms with Crippen molar-refractivity contribution in [2.45, 2.75) is 6.18 Å². The molecular formula is C9H6F3N3. The van der Waals surface area contributed by atoms with Crippen LogP contribution in [0.15, 0.2) is 36.6 Å². The second-order valence-corrected chi connectivity index (χ2v) is 2.77. The van der Waals surface area contributed by atoms with Crippen molar-refractivity contribution in [3.63, 3.8) is 0 Å². The fourth-order valence-corrected chi connectivity index (χ4v) is 1.09. The molecule has 0 unspecified atom stereocenters. The van der Waals surface area contributed by atoms with Gasteiger partial charge in [-0.05, 0) is 18.2 Å². The molecule has 6 heteroatoms. The Morgan fingerprint density at radius 2 is 2.13 bits per heavy atom. The standard InChI is InChI=1S/C9H6F3N3/c10-9(11,12)7-2-1-3-8(6-7)15-5-4-13-14-15/h1-6H/i4D,5D. The maximum absolute atomic E-state index is 12.5. The van der Waals surface area contributed by atoms with Crippen LogP contribution in [0.2, 0.25) is 0 Å². The molecular weight excluding hydrogens is 207 g/mol. The molecule has 0 saturated carbocycles. The van der Waals surface area contributed by atoms with Gasteiger partial charge in [0.25, 0.3) is 0 Å². The summed E-state index contributed by atoms with van der Waals surface area (Å²) >= 11 is 0. The Morgan fingerprint density at radius 3 is 2.73 bits per heavy atom. The predicted molar refractivity (Wildman–Crippen MR) is 46.4 cm³/mol.